The van der Waals surface area contributed by atoms with E-state index in [4.69, 9.17) is 11.1 Å². The van der Waals surface area contributed by atoms with Crippen LogP contribution in [0.15, 0.2) is 65.7 Å². The number of hydrogen-bond acceptors (Lipinski definition) is 6. The van der Waals surface area contributed by atoms with E-state index in [-0.39, 0.29) is 53.2 Å². The van der Waals surface area contributed by atoms with Crippen LogP contribution < -0.4 is 10.5 Å². The zero-order chi connectivity index (χ0) is 25.9. The van der Waals surface area contributed by atoms with E-state index < -0.39 is 34.0 Å². The molecule has 12 heteroatoms. The molecule has 2 heterocycles. The summed E-state index contributed by atoms with van der Waals surface area (Å²) in [5, 5.41) is 18.0. The summed E-state index contributed by atoms with van der Waals surface area (Å²) >= 11 is 0. The number of amidine groups is 1. The molecule has 0 aliphatic carbocycles. The fraction of sp³-hybridized carbons (Fsp3) is 0.280. The first-order chi connectivity index (χ1) is 17.2. The van der Waals surface area contributed by atoms with Crippen molar-refractivity contribution in [3.63, 3.8) is 0 Å². The molecule has 1 unspecified atom stereocenters. The number of carbonyl (C=O) groups is 2. The number of nitrogens with two attached hydrogens (primary N) is 1. The van der Waals surface area contributed by atoms with E-state index in [2.05, 4.69) is 9.71 Å². The molecule has 1 saturated heterocycles. The second kappa shape index (κ2) is 12.0. The van der Waals surface area contributed by atoms with Crippen molar-refractivity contribution in [2.75, 3.05) is 6.54 Å². The van der Waals surface area contributed by atoms with Crippen LogP contribution in [0, 0.1) is 5.41 Å². The predicted molar refractivity (Wildman–Crippen MR) is 150 cm³/mol. The summed E-state index contributed by atoms with van der Waals surface area (Å²) in [5.41, 5.74) is 6.88. The van der Waals surface area contributed by atoms with Gasteiger partial charge in [0.1, 0.15) is 10.7 Å². The maximum Gasteiger partial charge on any atom is 0.407 e. The number of nitrogen functional groups attached to an aromatic ring is 1. The van der Waals surface area contributed by atoms with E-state index in [9.17, 15) is 23.1 Å². The highest BCUT2D eigenvalue weighted by atomic mass is 127. The Hall–Kier alpha value is -3.10. The lowest BCUT2D eigenvalue weighted by Gasteiger charge is -2.34. The maximum atomic E-state index is 13.7. The van der Waals surface area contributed by atoms with Gasteiger partial charge in [0.25, 0.3) is 0 Å². The van der Waals surface area contributed by atoms with E-state index in [0.29, 0.717) is 35.8 Å². The number of carboxylic acid groups (broad SMARTS) is 1. The van der Waals surface area contributed by atoms with Crippen molar-refractivity contribution in [1.29, 1.82) is 5.41 Å². The summed E-state index contributed by atoms with van der Waals surface area (Å²) in [5.74, 6) is -0.687. The van der Waals surface area contributed by atoms with Crippen LogP contribution >= 0.6 is 24.0 Å². The van der Waals surface area contributed by atoms with Crippen molar-refractivity contribution < 1.29 is 23.1 Å². The molecule has 1 fully saturated rings. The molecule has 1 aromatic heterocycles. The van der Waals surface area contributed by atoms with Gasteiger partial charge in [-0.25, -0.2) is 17.9 Å². The van der Waals surface area contributed by atoms with Crippen LogP contribution in [0.4, 0.5) is 4.79 Å². The number of pyridine rings is 1. The highest BCUT2D eigenvalue weighted by molar-refractivity contribution is 14.0. The van der Waals surface area contributed by atoms with Gasteiger partial charge in [0.2, 0.25) is 10.0 Å². The molecular formula is C25H28IN5O5S. The molecular weight excluding hydrogens is 609 g/mol. The van der Waals surface area contributed by atoms with Crippen molar-refractivity contribution in [2.24, 2.45) is 5.73 Å². The highest BCUT2D eigenvalue weighted by Crippen LogP contribution is 2.24. The average Bonchev–Trinajstić information content (AvgIpc) is 2.87. The lowest BCUT2D eigenvalue weighted by Crippen LogP contribution is -2.55. The monoisotopic (exact) mass is 637 g/mol. The van der Waals surface area contributed by atoms with Crippen LogP contribution in [0.2, 0.25) is 0 Å². The van der Waals surface area contributed by atoms with Crippen molar-refractivity contribution in [1.82, 2.24) is 14.6 Å². The number of rotatable bonds is 8. The molecule has 37 heavy (non-hydrogen) atoms. The zero-order valence-electron chi connectivity index (χ0n) is 19.8. The van der Waals surface area contributed by atoms with Crippen molar-refractivity contribution in [2.45, 2.75) is 42.7 Å². The SMILES string of the molecule is I.N=C(N)c1cccc(C[C@H](NS(=O)(=O)c2cccc3cccnc23)C(=O)C2CCCCN2C(=O)O)c1. The van der Waals surface area contributed by atoms with Gasteiger partial charge in [-0.2, -0.15) is 0 Å². The van der Waals surface area contributed by atoms with E-state index in [1.807, 2.05) is 0 Å². The van der Waals surface area contributed by atoms with E-state index >= 15 is 0 Å². The van der Waals surface area contributed by atoms with Crippen LogP contribution in [-0.4, -0.2) is 59.7 Å². The number of likely N-dealkylation sites (tertiary alicyclic amines) is 1. The Bertz CT molecular complexity index is 1430. The molecule has 1 amide bonds. The number of halogens is 1. The summed E-state index contributed by atoms with van der Waals surface area (Å²) < 4.78 is 29.6. The molecule has 3 aromatic rings. The fourth-order valence-corrected chi connectivity index (χ4v) is 5.92. The molecule has 0 saturated carbocycles. The minimum atomic E-state index is -4.22. The van der Waals surface area contributed by atoms with Gasteiger partial charge in [0.15, 0.2) is 5.78 Å². The molecule has 2 atom stereocenters. The Labute approximate surface area is 231 Å². The summed E-state index contributed by atoms with van der Waals surface area (Å²) in [6, 6.07) is 12.6. The number of carbonyl (C=O) groups excluding carboxylic acids is 1. The fourth-order valence-electron chi connectivity index (χ4n) is 4.53. The Morgan fingerprint density at radius 1 is 1.16 bits per heavy atom. The summed E-state index contributed by atoms with van der Waals surface area (Å²) in [6.45, 7) is 0.207. The van der Waals surface area contributed by atoms with Crippen LogP contribution in [0.3, 0.4) is 0 Å². The molecule has 10 nitrogen and oxygen atoms in total. The number of fused-ring (bicyclic) bond motifs is 1. The Kier molecular flexibility index (Phi) is 9.21. The quantitative estimate of drug-likeness (QED) is 0.167. The van der Waals surface area contributed by atoms with Gasteiger partial charge < -0.3 is 10.8 Å². The molecule has 1 aliphatic rings. The van der Waals surface area contributed by atoms with Gasteiger partial charge in [0, 0.05) is 23.7 Å². The number of Topliss-reactive ketones (excluding diaryl/α,β-unsaturated/α-hetero) is 1. The van der Waals surface area contributed by atoms with Crippen LogP contribution in [0.1, 0.15) is 30.4 Å². The Morgan fingerprint density at radius 3 is 2.62 bits per heavy atom. The number of piperidine rings is 1. The Balaban J connectivity index is 0.00000380. The van der Waals surface area contributed by atoms with Gasteiger partial charge in [0.05, 0.1) is 17.6 Å². The van der Waals surface area contributed by atoms with Crippen molar-refractivity contribution >= 4 is 62.6 Å². The number of nitrogens with zero attached hydrogens (tertiary/aromatic N) is 2. The van der Waals surface area contributed by atoms with E-state index in [1.165, 1.54) is 12.3 Å². The van der Waals surface area contributed by atoms with Crippen LogP contribution in [-0.2, 0) is 21.2 Å². The topological polar surface area (TPSA) is 167 Å². The third kappa shape index (κ3) is 6.43. The molecule has 196 valence electrons. The van der Waals surface area contributed by atoms with Crippen molar-refractivity contribution in [3.05, 3.63) is 71.9 Å². The zero-order valence-corrected chi connectivity index (χ0v) is 23.0. The minimum Gasteiger partial charge on any atom is -0.465 e. The molecule has 0 spiro atoms. The van der Waals surface area contributed by atoms with Crippen molar-refractivity contribution in [3.8, 4) is 0 Å². The highest BCUT2D eigenvalue weighted by Gasteiger charge is 2.38. The normalized spacial score (nSPS) is 16.5. The van der Waals surface area contributed by atoms with Gasteiger partial charge in [-0.3, -0.25) is 20.1 Å². The number of aromatic nitrogens is 1. The third-order valence-corrected chi connectivity index (χ3v) is 7.78. The number of amides is 1. The first kappa shape index (κ1) is 28.5. The maximum absolute atomic E-state index is 13.7. The summed E-state index contributed by atoms with van der Waals surface area (Å²) in [4.78, 5) is 30.7. The molecule has 5 N–H and O–H groups in total. The predicted octanol–water partition coefficient (Wildman–Crippen LogP) is 3.13. The number of nitrogens with one attached hydrogen (secondary N) is 2. The largest absolute Gasteiger partial charge is 0.465 e. The second-order valence-corrected chi connectivity index (χ2v) is 10.4. The minimum absolute atomic E-state index is 0. The van der Waals surface area contributed by atoms with E-state index in [1.54, 1.807) is 48.5 Å². The lowest BCUT2D eigenvalue weighted by molar-refractivity contribution is -0.126. The third-order valence-electron chi connectivity index (χ3n) is 6.28. The van der Waals surface area contributed by atoms with E-state index in [0.717, 1.165) is 4.90 Å². The van der Waals surface area contributed by atoms with Gasteiger partial charge in [-0.15, -0.1) is 24.0 Å². The van der Waals surface area contributed by atoms with Crippen LogP contribution in [0.25, 0.3) is 10.9 Å². The first-order valence-electron chi connectivity index (χ1n) is 11.5. The number of para-hydroxylation sites is 1. The summed E-state index contributed by atoms with van der Waals surface area (Å²) in [7, 11) is -4.22. The van der Waals surface area contributed by atoms with Gasteiger partial charge >= 0.3 is 6.09 Å². The number of sulfonamides is 1. The van der Waals surface area contributed by atoms with Crippen LogP contribution in [0.5, 0.6) is 0 Å². The Morgan fingerprint density at radius 2 is 1.89 bits per heavy atom. The molecule has 4 rings (SSSR count). The molecule has 1 aliphatic heterocycles. The number of benzene rings is 2. The number of hydrogen-bond donors (Lipinski definition) is 4. The number of ketones is 1. The first-order valence-corrected chi connectivity index (χ1v) is 13.0. The lowest BCUT2D eigenvalue weighted by atomic mass is 9.92. The molecule has 0 radical (unpaired) electrons. The second-order valence-electron chi connectivity index (χ2n) is 8.71. The molecule has 2 aromatic carbocycles. The van der Waals surface area contributed by atoms with Gasteiger partial charge in [-0.1, -0.05) is 36.4 Å². The van der Waals surface area contributed by atoms with Gasteiger partial charge in [-0.05, 0) is 49.4 Å². The smallest absolute Gasteiger partial charge is 0.407 e. The average molecular weight is 637 g/mol. The molecule has 0 bridgehead atoms. The summed E-state index contributed by atoms with van der Waals surface area (Å²) in [6.07, 6.45) is 1.84. The standard InChI is InChI=1S/C25H27N5O5S.HI/c26-24(27)18-8-3-6-16(14-18)15-19(23(31)20-10-1-2-13-30(20)25(32)33)29-36(34,35)21-11-4-7-17-9-5-12-28-22(17)21;/h3-9,11-12,14,19-20,29H,1-2,10,13,15H2,(H3,26,27)(H,32,33);1H/t19-,20?;/m0./s1.